The third-order valence-corrected chi connectivity index (χ3v) is 4.82. The van der Waals surface area contributed by atoms with Crippen LogP contribution in [0.3, 0.4) is 0 Å². The quantitative estimate of drug-likeness (QED) is 0.438. The Morgan fingerprint density at radius 1 is 1.00 bits per heavy atom. The largest absolute Gasteiger partial charge is 0.493 e. The number of rotatable bonds is 11. The van der Waals surface area contributed by atoms with E-state index >= 15 is 0 Å². The molecular weight excluding hydrogens is 366 g/mol. The molecule has 0 radical (unpaired) electrons. The monoisotopic (exact) mass is 393 g/mol. The number of hydrogen-bond donors (Lipinski definition) is 1. The van der Waals surface area contributed by atoms with Crippen molar-refractivity contribution in [2.75, 3.05) is 6.61 Å². The summed E-state index contributed by atoms with van der Waals surface area (Å²) >= 11 is 0. The molecule has 0 aliphatic heterocycles. The number of nitrogens with zero attached hydrogens (tertiary/aromatic N) is 1. The summed E-state index contributed by atoms with van der Waals surface area (Å²) in [5, 5.41) is 8.72. The van der Waals surface area contributed by atoms with Gasteiger partial charge < -0.3 is 14.3 Å². The maximum absolute atomic E-state index is 10.6. The predicted molar refractivity (Wildman–Crippen MR) is 112 cm³/mol. The highest BCUT2D eigenvalue weighted by molar-refractivity contribution is 5.66. The Morgan fingerprint density at radius 3 is 2.55 bits per heavy atom. The first-order chi connectivity index (χ1) is 14.1. The van der Waals surface area contributed by atoms with Crippen LogP contribution in [-0.2, 0) is 17.6 Å². The summed E-state index contributed by atoms with van der Waals surface area (Å²) in [5.74, 6) is 1.61. The summed E-state index contributed by atoms with van der Waals surface area (Å²) in [6.45, 7) is 2.46. The minimum absolute atomic E-state index is 0.236. The predicted octanol–water partition coefficient (Wildman–Crippen LogP) is 5.46. The van der Waals surface area contributed by atoms with Gasteiger partial charge in [0.15, 0.2) is 0 Å². The van der Waals surface area contributed by atoms with Crippen LogP contribution in [0.1, 0.15) is 42.7 Å². The van der Waals surface area contributed by atoms with E-state index in [2.05, 4.69) is 11.1 Å². The molecule has 0 spiro atoms. The Morgan fingerprint density at radius 2 is 1.76 bits per heavy atom. The number of aliphatic carboxylic acids is 1. The number of carboxylic acids is 1. The fraction of sp³-hybridized carbons (Fsp3) is 0.333. The molecule has 0 unspecified atom stereocenters. The van der Waals surface area contributed by atoms with Gasteiger partial charge in [0.05, 0.1) is 12.3 Å². The normalized spacial score (nSPS) is 10.8. The van der Waals surface area contributed by atoms with Gasteiger partial charge in [0.1, 0.15) is 11.5 Å². The lowest BCUT2D eigenvalue weighted by Gasteiger charge is -2.11. The van der Waals surface area contributed by atoms with Gasteiger partial charge in [0, 0.05) is 18.4 Å². The number of oxazole rings is 1. The fourth-order valence-corrected chi connectivity index (χ4v) is 3.24. The molecule has 1 aromatic heterocycles. The van der Waals surface area contributed by atoms with Crippen molar-refractivity contribution in [1.29, 1.82) is 0 Å². The Hall–Kier alpha value is -3.08. The van der Waals surface area contributed by atoms with Crippen LogP contribution in [0.4, 0.5) is 0 Å². The zero-order valence-electron chi connectivity index (χ0n) is 16.8. The highest BCUT2D eigenvalue weighted by Crippen LogP contribution is 2.23. The Bertz CT molecular complexity index is 918. The lowest BCUT2D eigenvalue weighted by Crippen LogP contribution is -2.04. The van der Waals surface area contributed by atoms with E-state index in [-0.39, 0.29) is 6.42 Å². The third-order valence-electron chi connectivity index (χ3n) is 4.82. The van der Waals surface area contributed by atoms with E-state index in [0.29, 0.717) is 25.3 Å². The molecule has 3 rings (SSSR count). The van der Waals surface area contributed by atoms with Crippen LogP contribution in [-0.4, -0.2) is 22.7 Å². The number of para-hydroxylation sites is 1. The maximum atomic E-state index is 10.6. The summed E-state index contributed by atoms with van der Waals surface area (Å²) in [6, 6.07) is 17.9. The van der Waals surface area contributed by atoms with Crippen molar-refractivity contribution in [2.24, 2.45) is 0 Å². The number of carboxylic acid groups (broad SMARTS) is 1. The number of unbranched alkanes of at least 4 members (excludes halogenated alkanes) is 2. The lowest BCUT2D eigenvalue weighted by atomic mass is 10.1. The first-order valence-electron chi connectivity index (χ1n) is 10.1. The molecule has 0 bridgehead atoms. The van der Waals surface area contributed by atoms with E-state index in [1.165, 1.54) is 0 Å². The fourth-order valence-electron chi connectivity index (χ4n) is 3.24. The molecule has 152 valence electrons. The second-order valence-electron chi connectivity index (χ2n) is 7.05. The Kier molecular flexibility index (Phi) is 7.45. The molecule has 3 aromatic rings. The van der Waals surface area contributed by atoms with Crippen LogP contribution in [0.15, 0.2) is 59.0 Å². The van der Waals surface area contributed by atoms with Gasteiger partial charge in [-0.1, -0.05) is 42.8 Å². The molecule has 0 aliphatic carbocycles. The molecule has 0 saturated carbocycles. The van der Waals surface area contributed by atoms with Crippen LogP contribution in [0.25, 0.3) is 11.5 Å². The van der Waals surface area contributed by atoms with Gasteiger partial charge in [-0.3, -0.25) is 4.79 Å². The molecule has 2 aromatic carbocycles. The van der Waals surface area contributed by atoms with Gasteiger partial charge >= 0.3 is 5.97 Å². The van der Waals surface area contributed by atoms with Crippen LogP contribution < -0.4 is 4.74 Å². The molecule has 0 aliphatic rings. The summed E-state index contributed by atoms with van der Waals surface area (Å²) in [6.07, 6.45) is 4.37. The minimum atomic E-state index is -0.729. The Balaban J connectivity index is 1.52. The van der Waals surface area contributed by atoms with E-state index < -0.39 is 5.97 Å². The average molecular weight is 393 g/mol. The van der Waals surface area contributed by atoms with Crippen LogP contribution >= 0.6 is 0 Å². The second-order valence-corrected chi connectivity index (χ2v) is 7.05. The molecule has 1 N–H and O–H groups in total. The number of ether oxygens (including phenoxy) is 1. The molecule has 5 nitrogen and oxygen atoms in total. The molecule has 0 atom stereocenters. The van der Waals surface area contributed by atoms with Crippen LogP contribution in [0, 0.1) is 6.92 Å². The molecule has 0 fully saturated rings. The number of aryl methyl sites for hydroxylation is 2. The van der Waals surface area contributed by atoms with E-state index in [1.807, 2.05) is 55.5 Å². The number of hydrogen-bond acceptors (Lipinski definition) is 4. The smallest absolute Gasteiger partial charge is 0.303 e. The molecule has 0 amide bonds. The average Bonchev–Trinajstić information content (AvgIpc) is 3.10. The van der Waals surface area contributed by atoms with Gasteiger partial charge in [-0.05, 0) is 49.9 Å². The number of benzene rings is 2. The molecule has 29 heavy (non-hydrogen) atoms. The molecular formula is C24H27NO4. The first kappa shape index (κ1) is 20.6. The highest BCUT2D eigenvalue weighted by atomic mass is 16.5. The van der Waals surface area contributed by atoms with Crippen molar-refractivity contribution in [3.8, 4) is 17.2 Å². The van der Waals surface area contributed by atoms with Gasteiger partial charge in [0.25, 0.3) is 0 Å². The number of aromatic nitrogens is 1. The van der Waals surface area contributed by atoms with Crippen molar-refractivity contribution in [3.05, 3.63) is 71.6 Å². The lowest BCUT2D eigenvalue weighted by molar-refractivity contribution is -0.137. The maximum Gasteiger partial charge on any atom is 0.303 e. The zero-order valence-corrected chi connectivity index (χ0v) is 16.8. The minimum Gasteiger partial charge on any atom is -0.493 e. The Labute approximate surface area is 171 Å². The topological polar surface area (TPSA) is 72.6 Å². The van der Waals surface area contributed by atoms with Crippen molar-refractivity contribution >= 4 is 5.97 Å². The van der Waals surface area contributed by atoms with Crippen molar-refractivity contribution in [2.45, 2.75) is 45.4 Å². The molecule has 0 saturated heterocycles. The first-order valence-corrected chi connectivity index (χ1v) is 10.1. The molecule has 1 heterocycles. The number of carbonyl (C=O) groups is 1. The summed E-state index contributed by atoms with van der Waals surface area (Å²) in [4.78, 5) is 15.2. The van der Waals surface area contributed by atoms with E-state index in [0.717, 1.165) is 47.6 Å². The van der Waals surface area contributed by atoms with Crippen LogP contribution in [0.2, 0.25) is 0 Å². The standard InChI is InChI=1S/C24H27NO4/c1-18-21(25-24(29-18)20-12-5-2-6-13-20)16-17-28-22-14-9-8-11-19(22)10-4-3-7-15-23(26)27/h2,5-6,8-9,11-14H,3-4,7,10,15-17H2,1H3,(H,26,27). The zero-order chi connectivity index (χ0) is 20.5. The van der Waals surface area contributed by atoms with E-state index in [1.54, 1.807) is 0 Å². The van der Waals surface area contributed by atoms with Gasteiger partial charge in [0.2, 0.25) is 5.89 Å². The van der Waals surface area contributed by atoms with Crippen molar-refractivity contribution in [3.63, 3.8) is 0 Å². The second kappa shape index (κ2) is 10.5. The van der Waals surface area contributed by atoms with E-state index in [9.17, 15) is 4.79 Å². The summed E-state index contributed by atoms with van der Waals surface area (Å²) < 4.78 is 11.8. The van der Waals surface area contributed by atoms with Gasteiger partial charge in [-0.2, -0.15) is 0 Å². The van der Waals surface area contributed by atoms with Crippen molar-refractivity contribution < 1.29 is 19.1 Å². The summed E-state index contributed by atoms with van der Waals surface area (Å²) in [5.41, 5.74) is 3.04. The summed E-state index contributed by atoms with van der Waals surface area (Å²) in [7, 11) is 0. The highest BCUT2D eigenvalue weighted by Gasteiger charge is 2.12. The van der Waals surface area contributed by atoms with Gasteiger partial charge in [-0.25, -0.2) is 4.98 Å². The van der Waals surface area contributed by atoms with Gasteiger partial charge in [-0.15, -0.1) is 0 Å². The van der Waals surface area contributed by atoms with E-state index in [4.69, 9.17) is 14.3 Å². The molecule has 5 heteroatoms. The SMILES string of the molecule is Cc1oc(-c2ccccc2)nc1CCOc1ccccc1CCCCCC(=O)O. The van der Waals surface area contributed by atoms with Crippen molar-refractivity contribution in [1.82, 2.24) is 4.98 Å². The third kappa shape index (κ3) is 6.21. The van der Waals surface area contributed by atoms with Crippen LogP contribution in [0.5, 0.6) is 5.75 Å².